The summed E-state index contributed by atoms with van der Waals surface area (Å²) in [6, 6.07) is 9.45. The fourth-order valence-corrected chi connectivity index (χ4v) is 3.55. The first kappa shape index (κ1) is 21.8. The van der Waals surface area contributed by atoms with E-state index in [4.69, 9.17) is 23.9 Å². The molecule has 2 aliphatic rings. The highest BCUT2D eigenvalue weighted by atomic mass is 16.5. The lowest BCUT2D eigenvalue weighted by atomic mass is 10.0. The van der Waals surface area contributed by atoms with Crippen LogP contribution in [0.4, 0.5) is 17.1 Å². The van der Waals surface area contributed by atoms with Crippen LogP contribution < -0.4 is 14.8 Å². The van der Waals surface area contributed by atoms with Crippen molar-refractivity contribution in [2.24, 2.45) is 9.98 Å². The van der Waals surface area contributed by atoms with Gasteiger partial charge in [0, 0.05) is 44.0 Å². The minimum Gasteiger partial charge on any atom is -0.487 e. The molecular formula is C23H26N4O5. The molecule has 2 aromatic rings. The lowest BCUT2D eigenvalue weighted by Gasteiger charge is -2.31. The third-order valence-electron chi connectivity index (χ3n) is 5.02. The van der Waals surface area contributed by atoms with Crippen LogP contribution in [0.1, 0.15) is 18.1 Å². The Morgan fingerprint density at radius 1 is 1.03 bits per heavy atom. The van der Waals surface area contributed by atoms with Crippen LogP contribution in [0.15, 0.2) is 40.3 Å². The van der Waals surface area contributed by atoms with E-state index < -0.39 is 0 Å². The van der Waals surface area contributed by atoms with Crippen molar-refractivity contribution < 1.29 is 23.7 Å². The molecule has 0 fully saturated rings. The molecule has 0 spiro atoms. The Labute approximate surface area is 186 Å². The average Bonchev–Trinajstić information content (AvgIpc) is 2.78. The standard InChI is InChI=1S/C23H26N4O5/c1-15(28)25-18-5-4-6-19-17(18)13-27-14-24-20-12-22(32-10-8-30-3)21(31-9-7-29-2)11-16(20)23(27)26-19/h4-6,11-12,14H,7-10,13H2,1-3H3,(H,25,28). The number of benzene rings is 2. The Hall–Kier alpha value is -3.43. The molecule has 32 heavy (non-hydrogen) atoms. The predicted octanol–water partition coefficient (Wildman–Crippen LogP) is 3.26. The van der Waals surface area contributed by atoms with Gasteiger partial charge in [0.15, 0.2) is 11.5 Å². The van der Waals surface area contributed by atoms with E-state index in [0.29, 0.717) is 44.5 Å². The number of hydrogen-bond acceptors (Lipinski definition) is 8. The number of carbonyl (C=O) groups is 1. The topological polar surface area (TPSA) is 94.0 Å². The number of anilines is 1. The summed E-state index contributed by atoms with van der Waals surface area (Å²) in [5.74, 6) is 1.83. The number of amidine groups is 1. The zero-order chi connectivity index (χ0) is 22.5. The smallest absolute Gasteiger partial charge is 0.221 e. The number of fused-ring (bicyclic) bond motifs is 4. The largest absolute Gasteiger partial charge is 0.487 e. The molecule has 0 saturated carbocycles. The van der Waals surface area contributed by atoms with E-state index in [1.807, 2.05) is 35.2 Å². The van der Waals surface area contributed by atoms with Crippen LogP contribution in [0.3, 0.4) is 0 Å². The second-order valence-corrected chi connectivity index (χ2v) is 7.29. The molecule has 0 saturated heterocycles. The van der Waals surface area contributed by atoms with Gasteiger partial charge in [0.1, 0.15) is 19.0 Å². The Balaban J connectivity index is 1.72. The summed E-state index contributed by atoms with van der Waals surface area (Å²) < 4.78 is 22.0. The van der Waals surface area contributed by atoms with E-state index in [1.54, 1.807) is 20.6 Å². The summed E-state index contributed by atoms with van der Waals surface area (Å²) in [5, 5.41) is 2.88. The maximum Gasteiger partial charge on any atom is 0.221 e. The normalized spacial score (nSPS) is 13.6. The Bertz CT molecular complexity index is 1070. The number of nitrogens with zero attached hydrogens (tertiary/aromatic N) is 3. The number of methoxy groups -OCH3 is 2. The maximum atomic E-state index is 11.6. The molecule has 0 unspecified atom stereocenters. The molecule has 2 aromatic carbocycles. The minimum absolute atomic E-state index is 0.121. The highest BCUT2D eigenvalue weighted by Gasteiger charge is 2.28. The van der Waals surface area contributed by atoms with Crippen molar-refractivity contribution in [3.63, 3.8) is 0 Å². The molecule has 2 aliphatic heterocycles. The molecule has 168 valence electrons. The van der Waals surface area contributed by atoms with Gasteiger partial charge in [-0.1, -0.05) is 6.07 Å². The number of aliphatic imine (C=N–C) groups is 2. The fourth-order valence-electron chi connectivity index (χ4n) is 3.55. The third kappa shape index (κ3) is 4.58. The number of rotatable bonds is 9. The van der Waals surface area contributed by atoms with Crippen molar-refractivity contribution in [1.29, 1.82) is 0 Å². The highest BCUT2D eigenvalue weighted by molar-refractivity contribution is 6.13. The molecular weight excluding hydrogens is 412 g/mol. The summed E-state index contributed by atoms with van der Waals surface area (Å²) >= 11 is 0. The van der Waals surface area contributed by atoms with Crippen LogP contribution in [0.2, 0.25) is 0 Å². The summed E-state index contributed by atoms with van der Waals surface area (Å²) in [4.78, 5) is 23.0. The number of nitrogens with one attached hydrogen (secondary N) is 1. The van der Waals surface area contributed by atoms with Crippen molar-refractivity contribution in [2.45, 2.75) is 13.5 Å². The zero-order valence-corrected chi connectivity index (χ0v) is 18.4. The zero-order valence-electron chi connectivity index (χ0n) is 18.4. The molecule has 9 nitrogen and oxygen atoms in total. The molecule has 0 atom stereocenters. The van der Waals surface area contributed by atoms with Crippen molar-refractivity contribution >= 4 is 35.1 Å². The second kappa shape index (κ2) is 9.80. The molecule has 0 aliphatic carbocycles. The minimum atomic E-state index is -0.121. The predicted molar refractivity (Wildman–Crippen MR) is 122 cm³/mol. The van der Waals surface area contributed by atoms with E-state index in [2.05, 4.69) is 10.3 Å². The van der Waals surface area contributed by atoms with Gasteiger partial charge < -0.3 is 29.2 Å². The molecule has 1 amide bonds. The molecule has 0 bridgehead atoms. The van der Waals surface area contributed by atoms with Gasteiger partial charge in [-0.05, 0) is 18.2 Å². The molecule has 0 radical (unpaired) electrons. The number of amides is 1. The first-order valence-electron chi connectivity index (χ1n) is 10.3. The number of carbonyl (C=O) groups excluding carboxylic acids is 1. The van der Waals surface area contributed by atoms with Crippen LogP contribution in [-0.2, 0) is 20.8 Å². The molecule has 2 heterocycles. The van der Waals surface area contributed by atoms with Gasteiger partial charge in [-0.2, -0.15) is 0 Å². The summed E-state index contributed by atoms with van der Waals surface area (Å²) in [5.41, 5.74) is 4.09. The lowest BCUT2D eigenvalue weighted by molar-refractivity contribution is -0.114. The number of hydrogen-bond donors (Lipinski definition) is 1. The van der Waals surface area contributed by atoms with E-state index >= 15 is 0 Å². The van der Waals surface area contributed by atoms with Crippen molar-refractivity contribution in [3.8, 4) is 11.5 Å². The van der Waals surface area contributed by atoms with Crippen LogP contribution in [0.25, 0.3) is 0 Å². The molecule has 9 heteroatoms. The molecule has 4 rings (SSSR count). The summed E-state index contributed by atoms with van der Waals surface area (Å²) in [7, 11) is 3.25. The van der Waals surface area contributed by atoms with Crippen LogP contribution in [0, 0.1) is 0 Å². The van der Waals surface area contributed by atoms with Gasteiger partial charge in [0.05, 0.1) is 37.5 Å². The van der Waals surface area contributed by atoms with E-state index in [0.717, 1.165) is 34.0 Å². The average molecular weight is 438 g/mol. The monoisotopic (exact) mass is 438 g/mol. The number of ether oxygens (including phenoxy) is 4. The second-order valence-electron chi connectivity index (χ2n) is 7.29. The van der Waals surface area contributed by atoms with Crippen molar-refractivity contribution in [3.05, 3.63) is 41.5 Å². The Kier molecular flexibility index (Phi) is 6.67. The fraction of sp³-hybridized carbons (Fsp3) is 0.348. The van der Waals surface area contributed by atoms with Gasteiger partial charge in [-0.15, -0.1) is 0 Å². The summed E-state index contributed by atoms with van der Waals surface area (Å²) in [6.07, 6.45) is 1.75. The van der Waals surface area contributed by atoms with Gasteiger partial charge in [-0.25, -0.2) is 9.98 Å². The molecule has 1 N–H and O–H groups in total. The van der Waals surface area contributed by atoms with Gasteiger partial charge in [-0.3, -0.25) is 4.79 Å². The van der Waals surface area contributed by atoms with Gasteiger partial charge in [0.2, 0.25) is 5.91 Å². The highest BCUT2D eigenvalue weighted by Crippen LogP contribution is 2.41. The van der Waals surface area contributed by atoms with Crippen LogP contribution in [-0.4, -0.2) is 63.6 Å². The first-order chi connectivity index (χ1) is 15.6. The van der Waals surface area contributed by atoms with Crippen LogP contribution >= 0.6 is 0 Å². The van der Waals surface area contributed by atoms with E-state index in [9.17, 15) is 4.79 Å². The van der Waals surface area contributed by atoms with E-state index in [-0.39, 0.29) is 5.91 Å². The van der Waals surface area contributed by atoms with Gasteiger partial charge in [0.25, 0.3) is 0 Å². The Morgan fingerprint density at radius 3 is 2.44 bits per heavy atom. The quantitative estimate of drug-likeness (QED) is 0.604. The van der Waals surface area contributed by atoms with Gasteiger partial charge >= 0.3 is 0 Å². The lowest BCUT2D eigenvalue weighted by Crippen LogP contribution is -2.34. The van der Waals surface area contributed by atoms with E-state index in [1.165, 1.54) is 6.92 Å². The molecule has 0 aromatic heterocycles. The SMILES string of the molecule is COCCOc1cc2c(cc1OCCOC)C1=Nc3cccc(NC(C)=O)c3CN1C=N2. The maximum absolute atomic E-state index is 11.6. The summed E-state index contributed by atoms with van der Waals surface area (Å²) in [6.45, 7) is 3.74. The Morgan fingerprint density at radius 2 is 1.75 bits per heavy atom. The van der Waals surface area contributed by atoms with Crippen molar-refractivity contribution in [2.75, 3.05) is 46.0 Å². The first-order valence-corrected chi connectivity index (χ1v) is 10.3. The third-order valence-corrected chi connectivity index (χ3v) is 5.02. The van der Waals surface area contributed by atoms with Crippen LogP contribution in [0.5, 0.6) is 11.5 Å². The van der Waals surface area contributed by atoms with Crippen molar-refractivity contribution in [1.82, 2.24) is 4.90 Å².